The quantitative estimate of drug-likeness (QED) is 0.277. The lowest BCUT2D eigenvalue weighted by atomic mass is 10.3. The number of hydrogen-bond donors (Lipinski definition) is 2. The Kier molecular flexibility index (Phi) is 9.01. The van der Waals surface area contributed by atoms with Gasteiger partial charge in [0.05, 0.1) is 5.01 Å². The van der Waals surface area contributed by atoms with Gasteiger partial charge in [0.25, 0.3) is 0 Å². The van der Waals surface area contributed by atoms with E-state index < -0.39 is 11.9 Å². The first-order valence-electron chi connectivity index (χ1n) is 9.61. The van der Waals surface area contributed by atoms with Gasteiger partial charge in [0, 0.05) is 37.9 Å². The maximum atomic E-state index is 12.6. The van der Waals surface area contributed by atoms with E-state index in [0.717, 1.165) is 42.4 Å². The van der Waals surface area contributed by atoms with Crippen molar-refractivity contribution in [1.29, 1.82) is 0 Å². The van der Waals surface area contributed by atoms with Crippen LogP contribution in [-0.2, 0) is 22.1 Å². The number of hydrogen-bond acceptors (Lipinski definition) is 5. The Morgan fingerprint density at radius 3 is 2.75 bits per heavy atom. The van der Waals surface area contributed by atoms with Crippen LogP contribution in [0.15, 0.2) is 10.4 Å². The van der Waals surface area contributed by atoms with Crippen molar-refractivity contribution in [2.45, 2.75) is 64.1 Å². The van der Waals surface area contributed by atoms with E-state index >= 15 is 0 Å². The molecule has 1 aliphatic rings. The van der Waals surface area contributed by atoms with Gasteiger partial charge >= 0.3 is 12.1 Å². The molecule has 0 atom stereocenters. The Morgan fingerprint density at radius 2 is 2.11 bits per heavy atom. The standard InChI is InChI=1S/C18H27F3N4O2S/c1-2-22-17(23-10-5-8-16(26)27-13-6-3-4-7-13)24-11-9-15-25-14(12-28-15)18(19,20)21/h12-13H,2-11H2,1H3,(H2,22,23,24). The number of esters is 1. The summed E-state index contributed by atoms with van der Waals surface area (Å²) < 4.78 is 43.1. The van der Waals surface area contributed by atoms with Crippen LogP contribution in [0, 0.1) is 0 Å². The molecule has 0 aromatic carbocycles. The SMILES string of the molecule is CCNC(=NCCCC(=O)OC1CCCC1)NCCc1nc(C(F)(F)F)cs1. The van der Waals surface area contributed by atoms with Gasteiger partial charge < -0.3 is 15.4 Å². The zero-order chi connectivity index (χ0) is 20.4. The smallest absolute Gasteiger partial charge is 0.434 e. The number of carbonyl (C=O) groups excluding carboxylic acids is 1. The summed E-state index contributed by atoms with van der Waals surface area (Å²) in [6.07, 6.45) is 1.14. The fourth-order valence-corrected chi connectivity index (χ4v) is 3.66. The molecule has 1 heterocycles. The number of rotatable bonds is 9. The zero-order valence-electron chi connectivity index (χ0n) is 16.0. The van der Waals surface area contributed by atoms with Crippen molar-refractivity contribution in [2.24, 2.45) is 4.99 Å². The Hall–Kier alpha value is -1.84. The molecule has 1 aliphatic carbocycles. The van der Waals surface area contributed by atoms with Crippen molar-refractivity contribution in [3.63, 3.8) is 0 Å². The minimum atomic E-state index is -4.41. The fourth-order valence-electron chi connectivity index (χ4n) is 2.85. The maximum Gasteiger partial charge on any atom is 0.434 e. The normalized spacial score (nSPS) is 15.6. The van der Waals surface area contributed by atoms with Gasteiger partial charge in [-0.1, -0.05) is 0 Å². The fraction of sp³-hybridized carbons (Fsp3) is 0.722. The average Bonchev–Trinajstić information content (AvgIpc) is 3.30. The first-order chi connectivity index (χ1) is 13.4. The highest BCUT2D eigenvalue weighted by Gasteiger charge is 2.33. The van der Waals surface area contributed by atoms with Gasteiger partial charge in [-0.3, -0.25) is 9.79 Å². The lowest BCUT2D eigenvalue weighted by Gasteiger charge is -2.12. The van der Waals surface area contributed by atoms with Crippen LogP contribution in [-0.4, -0.2) is 42.7 Å². The molecule has 1 fully saturated rings. The minimum absolute atomic E-state index is 0.0821. The van der Waals surface area contributed by atoms with Crippen LogP contribution in [0.3, 0.4) is 0 Å². The summed E-state index contributed by atoms with van der Waals surface area (Å²) >= 11 is 0.996. The van der Waals surface area contributed by atoms with Crippen LogP contribution in [0.25, 0.3) is 0 Å². The Labute approximate surface area is 167 Å². The third-order valence-corrected chi connectivity index (χ3v) is 5.14. The van der Waals surface area contributed by atoms with Crippen LogP contribution in [0.5, 0.6) is 0 Å². The molecule has 6 nitrogen and oxygen atoms in total. The van der Waals surface area contributed by atoms with Gasteiger partial charge in [-0.2, -0.15) is 13.2 Å². The number of aromatic nitrogens is 1. The number of alkyl halides is 3. The van der Waals surface area contributed by atoms with Gasteiger partial charge in [0.1, 0.15) is 6.10 Å². The highest BCUT2D eigenvalue weighted by atomic mass is 32.1. The third-order valence-electron chi connectivity index (χ3n) is 4.23. The van der Waals surface area contributed by atoms with E-state index in [0.29, 0.717) is 49.9 Å². The number of nitrogens with one attached hydrogen (secondary N) is 2. The highest BCUT2D eigenvalue weighted by molar-refractivity contribution is 7.09. The van der Waals surface area contributed by atoms with E-state index in [1.54, 1.807) is 0 Å². The molecule has 1 aromatic rings. The van der Waals surface area contributed by atoms with Crippen molar-refractivity contribution < 1.29 is 22.7 Å². The van der Waals surface area contributed by atoms with E-state index in [1.807, 2.05) is 6.92 Å². The summed E-state index contributed by atoms with van der Waals surface area (Å²) in [5, 5.41) is 7.59. The van der Waals surface area contributed by atoms with Gasteiger partial charge in [-0.05, 0) is 39.0 Å². The first kappa shape index (κ1) is 22.4. The molecule has 2 N–H and O–H groups in total. The number of ether oxygens (including phenoxy) is 1. The van der Waals surface area contributed by atoms with Gasteiger partial charge in [0.2, 0.25) is 0 Å². The summed E-state index contributed by atoms with van der Waals surface area (Å²) in [6.45, 7) is 3.46. The summed E-state index contributed by atoms with van der Waals surface area (Å²) in [5.41, 5.74) is -0.849. The molecule has 1 saturated carbocycles. The molecule has 0 saturated heterocycles. The molecule has 0 unspecified atom stereocenters. The number of carbonyl (C=O) groups is 1. The monoisotopic (exact) mass is 420 g/mol. The van der Waals surface area contributed by atoms with Gasteiger partial charge in [0.15, 0.2) is 11.7 Å². The van der Waals surface area contributed by atoms with E-state index in [2.05, 4.69) is 20.6 Å². The van der Waals surface area contributed by atoms with E-state index in [1.165, 1.54) is 0 Å². The van der Waals surface area contributed by atoms with Crippen molar-refractivity contribution in [3.05, 3.63) is 16.1 Å². The Balaban J connectivity index is 1.68. The van der Waals surface area contributed by atoms with E-state index in [-0.39, 0.29) is 12.1 Å². The van der Waals surface area contributed by atoms with E-state index in [4.69, 9.17) is 4.74 Å². The molecule has 158 valence electrons. The molecular formula is C18H27F3N4O2S. The summed E-state index contributed by atoms with van der Waals surface area (Å²) in [4.78, 5) is 19.8. The van der Waals surface area contributed by atoms with E-state index in [9.17, 15) is 18.0 Å². The number of guanidine groups is 1. The molecule has 0 spiro atoms. The molecular weight excluding hydrogens is 393 g/mol. The molecule has 2 rings (SSSR count). The number of aliphatic imine (C=N–C) groups is 1. The molecule has 0 radical (unpaired) electrons. The minimum Gasteiger partial charge on any atom is -0.462 e. The van der Waals surface area contributed by atoms with Crippen molar-refractivity contribution >= 4 is 23.3 Å². The number of nitrogens with zero attached hydrogens (tertiary/aromatic N) is 2. The lowest BCUT2D eigenvalue weighted by Crippen LogP contribution is -2.38. The van der Waals surface area contributed by atoms with Crippen LogP contribution >= 0.6 is 11.3 Å². The maximum absolute atomic E-state index is 12.6. The second-order valence-corrected chi connectivity index (χ2v) is 7.50. The Morgan fingerprint density at radius 1 is 1.36 bits per heavy atom. The van der Waals surface area contributed by atoms with Crippen molar-refractivity contribution in [2.75, 3.05) is 19.6 Å². The largest absolute Gasteiger partial charge is 0.462 e. The summed E-state index contributed by atoms with van der Waals surface area (Å²) in [5.74, 6) is 0.392. The van der Waals surface area contributed by atoms with Crippen LogP contribution in [0.4, 0.5) is 13.2 Å². The predicted molar refractivity (Wildman–Crippen MR) is 102 cm³/mol. The molecule has 10 heteroatoms. The molecule has 0 aliphatic heterocycles. The summed E-state index contributed by atoms with van der Waals surface area (Å²) in [7, 11) is 0. The second kappa shape index (κ2) is 11.2. The molecule has 0 amide bonds. The highest BCUT2D eigenvalue weighted by Crippen LogP contribution is 2.30. The summed E-state index contributed by atoms with van der Waals surface area (Å²) in [6, 6.07) is 0. The second-order valence-electron chi connectivity index (χ2n) is 6.56. The first-order valence-corrected chi connectivity index (χ1v) is 10.5. The Bertz CT molecular complexity index is 643. The number of halogens is 3. The average molecular weight is 421 g/mol. The number of thiazole rings is 1. The van der Waals surface area contributed by atoms with Crippen LogP contribution < -0.4 is 10.6 Å². The predicted octanol–water partition coefficient (Wildman–Crippen LogP) is 3.53. The van der Waals surface area contributed by atoms with Gasteiger partial charge in [-0.15, -0.1) is 11.3 Å². The zero-order valence-corrected chi connectivity index (χ0v) is 16.8. The van der Waals surface area contributed by atoms with Crippen molar-refractivity contribution in [1.82, 2.24) is 15.6 Å². The molecule has 1 aromatic heterocycles. The lowest BCUT2D eigenvalue weighted by molar-refractivity contribution is -0.148. The van der Waals surface area contributed by atoms with Crippen molar-refractivity contribution in [3.8, 4) is 0 Å². The van der Waals surface area contributed by atoms with Crippen LogP contribution in [0.1, 0.15) is 56.2 Å². The third kappa shape index (κ3) is 8.04. The van der Waals surface area contributed by atoms with Crippen LogP contribution in [0.2, 0.25) is 0 Å². The topological polar surface area (TPSA) is 75.6 Å². The molecule has 0 bridgehead atoms. The van der Waals surface area contributed by atoms with Gasteiger partial charge in [-0.25, -0.2) is 4.98 Å². The molecule has 28 heavy (non-hydrogen) atoms.